The van der Waals surface area contributed by atoms with Crippen molar-refractivity contribution < 1.29 is 64.8 Å². The normalized spacial score (nSPS) is 15.4. The van der Waals surface area contributed by atoms with E-state index in [2.05, 4.69) is 22.5 Å². The fourth-order valence-electron chi connectivity index (χ4n) is 5.47. The molecule has 0 radical (unpaired) electrons. The Morgan fingerprint density at radius 3 is 2.48 bits per heavy atom. The number of thiazole rings is 1. The smallest absolute Gasteiger partial charge is 0.748 e. The van der Waals surface area contributed by atoms with Crippen LogP contribution in [0.25, 0.3) is 27.1 Å². The Kier molecular flexibility index (Phi) is 11.8. The minimum absolute atomic E-state index is 0. The predicted molar refractivity (Wildman–Crippen MR) is 169 cm³/mol. The Hall–Kier alpha value is -1.74. The van der Waals surface area contributed by atoms with Crippen LogP contribution in [0.4, 0.5) is 5.69 Å². The van der Waals surface area contributed by atoms with Crippen LogP contribution >= 0.6 is 22.9 Å². The fourth-order valence-corrected chi connectivity index (χ4v) is 7.83. The van der Waals surface area contributed by atoms with Gasteiger partial charge in [-0.2, -0.15) is 4.57 Å². The van der Waals surface area contributed by atoms with Crippen molar-refractivity contribution >= 4 is 75.9 Å². The average Bonchev–Trinajstić information content (AvgIpc) is 3.46. The molecule has 14 heteroatoms. The number of hydrogen-bond donors (Lipinski definition) is 0. The van der Waals surface area contributed by atoms with Crippen LogP contribution in [0.3, 0.4) is 0 Å². The van der Waals surface area contributed by atoms with Crippen molar-refractivity contribution in [3.05, 3.63) is 70.2 Å². The summed E-state index contributed by atoms with van der Waals surface area (Å²) in [6, 6.07) is 17.5. The summed E-state index contributed by atoms with van der Waals surface area (Å²) in [4.78, 5) is 2.06. The van der Waals surface area contributed by atoms with Gasteiger partial charge < -0.3 is 18.7 Å². The minimum Gasteiger partial charge on any atom is -0.748 e. The number of rotatable bonds is 13. The van der Waals surface area contributed by atoms with Crippen LogP contribution in [-0.4, -0.2) is 50.2 Å². The molecule has 0 spiro atoms. The number of hydrogen-bond acceptors (Lipinski definition) is 9. The predicted octanol–water partition coefficient (Wildman–Crippen LogP) is 2.67. The summed E-state index contributed by atoms with van der Waals surface area (Å²) in [7, 11) is -8.63. The first kappa shape index (κ1) is 35.1. The van der Waals surface area contributed by atoms with Crippen molar-refractivity contribution in [3.8, 4) is 5.75 Å². The molecule has 1 aliphatic heterocycles. The van der Waals surface area contributed by atoms with Gasteiger partial charge in [0.2, 0.25) is 5.52 Å². The first-order chi connectivity index (χ1) is 20.4. The van der Waals surface area contributed by atoms with E-state index in [1.807, 2.05) is 54.6 Å². The molecule has 5 rings (SSSR count). The zero-order valence-corrected chi connectivity index (χ0v) is 29.8. The van der Waals surface area contributed by atoms with Gasteiger partial charge >= 0.3 is 29.6 Å². The maximum atomic E-state index is 11.4. The Balaban J connectivity index is 0.00000442. The van der Waals surface area contributed by atoms with Gasteiger partial charge in [-0.3, -0.25) is 0 Å². The monoisotopic (exact) mass is 686 g/mol. The standard InChI is InChI=1S/C30H33ClN2O7S3.Na/c1-2-21(19-29-32(14-5-6-16-42(34,35)36)25-20-23(31)11-13-27(25)41-29)18-28-33(15-7-17-43(37,38)39)30-24-9-4-3-8-22(24)10-12-26(30)40-28;/h3-4,8-13,19-20,28H,2,5-7,14-18H2,1H3,(H-,34,35,36,37,38,39);/q;+1/p-1. The van der Waals surface area contributed by atoms with E-state index in [0.717, 1.165) is 43.7 Å². The van der Waals surface area contributed by atoms with Crippen LogP contribution in [0.1, 0.15) is 44.0 Å². The van der Waals surface area contributed by atoms with Gasteiger partial charge in [0.05, 0.1) is 25.9 Å². The third-order valence-electron chi connectivity index (χ3n) is 7.49. The molecule has 2 heterocycles. The fraction of sp³-hybridized carbons (Fsp3) is 0.367. The third-order valence-corrected chi connectivity index (χ3v) is 10.4. The molecule has 0 N–H and O–H groups in total. The van der Waals surface area contributed by atoms with Gasteiger partial charge in [-0.15, -0.1) is 0 Å². The number of aromatic nitrogens is 1. The van der Waals surface area contributed by atoms with Gasteiger partial charge in [0.15, 0.2) is 12.8 Å². The van der Waals surface area contributed by atoms with Crippen LogP contribution in [0.5, 0.6) is 5.75 Å². The van der Waals surface area contributed by atoms with E-state index in [4.69, 9.17) is 16.3 Å². The summed E-state index contributed by atoms with van der Waals surface area (Å²) in [5.74, 6) is -0.145. The maximum absolute atomic E-state index is 11.4. The molecule has 1 aliphatic rings. The van der Waals surface area contributed by atoms with Gasteiger partial charge in [-0.25, -0.2) is 16.8 Å². The van der Waals surface area contributed by atoms with Gasteiger partial charge in [0.1, 0.15) is 10.4 Å². The van der Waals surface area contributed by atoms with E-state index in [0.29, 0.717) is 36.7 Å². The van der Waals surface area contributed by atoms with Crippen LogP contribution in [0, 0.1) is 0 Å². The second kappa shape index (κ2) is 14.8. The first-order valence-corrected chi connectivity index (χ1v) is 18.4. The molecule has 0 saturated carbocycles. The number of fused-ring (bicyclic) bond motifs is 4. The van der Waals surface area contributed by atoms with E-state index in [9.17, 15) is 25.9 Å². The van der Waals surface area contributed by atoms with E-state index < -0.39 is 38.0 Å². The van der Waals surface area contributed by atoms with Gasteiger partial charge in [-0.1, -0.05) is 65.8 Å². The summed E-state index contributed by atoms with van der Waals surface area (Å²) < 4.78 is 77.0. The Morgan fingerprint density at radius 2 is 1.75 bits per heavy atom. The van der Waals surface area contributed by atoms with E-state index in [1.165, 1.54) is 0 Å². The van der Waals surface area contributed by atoms with Crippen molar-refractivity contribution in [3.63, 3.8) is 0 Å². The molecule has 230 valence electrons. The van der Waals surface area contributed by atoms with Gasteiger partial charge in [-0.05, 0) is 42.8 Å². The van der Waals surface area contributed by atoms with Crippen molar-refractivity contribution in [2.24, 2.45) is 0 Å². The van der Waals surface area contributed by atoms with Crippen LogP contribution in [-0.2, 0) is 26.8 Å². The van der Waals surface area contributed by atoms with Crippen LogP contribution in [0.15, 0.2) is 60.2 Å². The number of benzene rings is 3. The maximum Gasteiger partial charge on any atom is 1.00 e. The molecule has 44 heavy (non-hydrogen) atoms. The van der Waals surface area contributed by atoms with Crippen molar-refractivity contribution in [1.29, 1.82) is 0 Å². The molecule has 1 atom stereocenters. The molecule has 9 nitrogen and oxygen atoms in total. The van der Waals surface area contributed by atoms with Crippen molar-refractivity contribution in [2.45, 2.75) is 51.8 Å². The molecule has 3 aromatic carbocycles. The number of halogens is 1. The molecule has 4 aromatic rings. The number of unbranched alkanes of at least 4 members (excludes halogenated alkanes) is 1. The molecular formula is C30H32ClN2NaO7S3. The molecule has 0 amide bonds. The first-order valence-electron chi connectivity index (χ1n) is 14.1. The van der Waals surface area contributed by atoms with Crippen LogP contribution < -0.4 is 43.8 Å². The molecule has 0 fully saturated rings. The number of anilines is 1. The van der Waals surface area contributed by atoms with Crippen molar-refractivity contribution in [2.75, 3.05) is 23.0 Å². The number of ether oxygens (including phenoxy) is 1. The zero-order chi connectivity index (χ0) is 30.8. The number of aryl methyl sites for hydroxylation is 1. The summed E-state index contributed by atoms with van der Waals surface area (Å²) in [6.45, 7) is 2.92. The summed E-state index contributed by atoms with van der Waals surface area (Å²) in [6.07, 6.45) is 3.92. The molecule has 0 aliphatic carbocycles. The molecule has 0 saturated heterocycles. The average molecular weight is 687 g/mol. The molecule has 1 unspecified atom stereocenters. The van der Waals surface area contributed by atoms with Gasteiger partial charge in [0, 0.05) is 53.4 Å². The Morgan fingerprint density at radius 1 is 1.02 bits per heavy atom. The van der Waals surface area contributed by atoms with E-state index >= 15 is 0 Å². The summed E-state index contributed by atoms with van der Waals surface area (Å²) >= 11 is 7.91. The SMILES string of the molecule is CCC(=Cc1sc2ccc(Cl)cc2[n+]1CCCCS(=O)(=O)[O-])CC1Oc2ccc3ccccc3c2N1CCCS(=O)(=O)[O-].[Na+]. The Labute approximate surface area is 289 Å². The summed E-state index contributed by atoms with van der Waals surface area (Å²) in [5, 5.41) is 3.58. The van der Waals surface area contributed by atoms with Crippen LogP contribution in [0.2, 0.25) is 5.02 Å². The summed E-state index contributed by atoms with van der Waals surface area (Å²) in [5.41, 5.74) is 2.92. The van der Waals surface area contributed by atoms with Gasteiger partial charge in [0.25, 0.3) is 5.01 Å². The second-order valence-electron chi connectivity index (χ2n) is 10.5. The van der Waals surface area contributed by atoms with Crippen molar-refractivity contribution in [1.82, 2.24) is 0 Å². The molecule has 0 bridgehead atoms. The second-order valence-corrected chi connectivity index (χ2v) is 15.1. The zero-order valence-electron chi connectivity index (χ0n) is 24.6. The largest absolute Gasteiger partial charge is 1.00 e. The molecular weight excluding hydrogens is 655 g/mol. The topological polar surface area (TPSA) is 131 Å². The Bertz CT molecular complexity index is 1900. The minimum atomic E-state index is -4.35. The third kappa shape index (κ3) is 8.74. The number of nitrogens with zero attached hydrogens (tertiary/aromatic N) is 2. The van der Waals surface area contributed by atoms with E-state index in [-0.39, 0.29) is 42.4 Å². The quantitative estimate of drug-likeness (QED) is 0.0909. The van der Waals surface area contributed by atoms with E-state index in [1.54, 1.807) is 11.3 Å². The molecule has 1 aromatic heterocycles.